The van der Waals surface area contributed by atoms with Gasteiger partial charge in [0, 0.05) is 24.9 Å². The lowest BCUT2D eigenvalue weighted by Crippen LogP contribution is -2.36. The van der Waals surface area contributed by atoms with Crippen molar-refractivity contribution in [3.05, 3.63) is 22.7 Å². The van der Waals surface area contributed by atoms with Gasteiger partial charge in [0.15, 0.2) is 0 Å². The van der Waals surface area contributed by atoms with Crippen molar-refractivity contribution in [1.29, 1.82) is 0 Å². The van der Waals surface area contributed by atoms with E-state index in [1.807, 2.05) is 17.0 Å². The van der Waals surface area contributed by atoms with Gasteiger partial charge in [0.1, 0.15) is 9.71 Å². The highest BCUT2D eigenvalue weighted by Crippen LogP contribution is 2.38. The van der Waals surface area contributed by atoms with Crippen molar-refractivity contribution in [1.82, 2.24) is 15.2 Å². The van der Waals surface area contributed by atoms with Crippen LogP contribution in [0.1, 0.15) is 66.4 Å². The van der Waals surface area contributed by atoms with Gasteiger partial charge in [-0.1, -0.05) is 19.3 Å². The molecule has 1 aliphatic heterocycles. The number of nitrogen functional groups attached to an aromatic ring is 1. The van der Waals surface area contributed by atoms with Crippen molar-refractivity contribution in [2.75, 3.05) is 19.3 Å². The molecule has 144 valence electrons. The zero-order valence-corrected chi connectivity index (χ0v) is 16.5. The standard InChI is InChI=1S/C20H26N4O2S/c1-22-18(25)17-16(21)13-9-10-14(23-19(13)27-17)15-8-5-11-24(15)20(26)12-6-3-2-4-7-12/h9-10,12,15H,2-8,11,21H2,1H3,(H,22,25). The Morgan fingerprint density at radius 1 is 1.19 bits per heavy atom. The number of pyridine rings is 1. The van der Waals surface area contributed by atoms with Crippen LogP contribution in [-0.4, -0.2) is 35.3 Å². The molecule has 1 unspecified atom stereocenters. The van der Waals surface area contributed by atoms with Gasteiger partial charge < -0.3 is 16.0 Å². The molecule has 1 aliphatic carbocycles. The maximum atomic E-state index is 13.1. The van der Waals surface area contributed by atoms with E-state index in [1.165, 1.54) is 17.8 Å². The Hall–Kier alpha value is -2.15. The number of nitrogens with one attached hydrogen (secondary N) is 1. The summed E-state index contributed by atoms with van der Waals surface area (Å²) in [5.41, 5.74) is 7.53. The summed E-state index contributed by atoms with van der Waals surface area (Å²) >= 11 is 1.32. The highest BCUT2D eigenvalue weighted by Gasteiger charge is 2.35. The molecule has 2 aromatic heterocycles. The van der Waals surface area contributed by atoms with Gasteiger partial charge in [-0.3, -0.25) is 9.59 Å². The molecule has 6 nitrogen and oxygen atoms in total. The summed E-state index contributed by atoms with van der Waals surface area (Å²) in [4.78, 5) is 33.2. The van der Waals surface area contributed by atoms with Gasteiger partial charge in [0.05, 0.1) is 17.4 Å². The number of carbonyl (C=O) groups is 2. The van der Waals surface area contributed by atoms with E-state index >= 15 is 0 Å². The number of hydrogen-bond donors (Lipinski definition) is 2. The van der Waals surface area contributed by atoms with Crippen LogP contribution in [0.5, 0.6) is 0 Å². The fraction of sp³-hybridized carbons (Fsp3) is 0.550. The first-order chi connectivity index (χ1) is 13.1. The van der Waals surface area contributed by atoms with Crippen LogP contribution < -0.4 is 11.1 Å². The molecule has 4 rings (SSSR count). The van der Waals surface area contributed by atoms with Gasteiger partial charge in [-0.25, -0.2) is 4.98 Å². The minimum Gasteiger partial charge on any atom is -0.397 e. The normalized spacial score (nSPS) is 20.9. The van der Waals surface area contributed by atoms with Gasteiger partial charge in [0.25, 0.3) is 5.91 Å². The molecular formula is C20H26N4O2S. The predicted molar refractivity (Wildman–Crippen MR) is 108 cm³/mol. The summed E-state index contributed by atoms with van der Waals surface area (Å²) < 4.78 is 0. The van der Waals surface area contributed by atoms with E-state index in [4.69, 9.17) is 10.7 Å². The third-order valence-electron chi connectivity index (χ3n) is 5.88. The number of hydrogen-bond acceptors (Lipinski definition) is 5. The van der Waals surface area contributed by atoms with Crippen LogP contribution in [0.2, 0.25) is 0 Å². The van der Waals surface area contributed by atoms with Crippen molar-refractivity contribution in [2.45, 2.75) is 51.0 Å². The molecule has 7 heteroatoms. The van der Waals surface area contributed by atoms with Crippen molar-refractivity contribution in [3.63, 3.8) is 0 Å². The lowest BCUT2D eigenvalue weighted by atomic mass is 9.88. The molecule has 0 spiro atoms. The van der Waals surface area contributed by atoms with Crippen LogP contribution in [0.15, 0.2) is 12.1 Å². The molecular weight excluding hydrogens is 360 g/mol. The second-order valence-corrected chi connectivity index (χ2v) is 8.54. The average Bonchev–Trinajstić information content (AvgIpc) is 3.32. The van der Waals surface area contributed by atoms with Crippen molar-refractivity contribution in [2.24, 2.45) is 5.92 Å². The molecule has 1 saturated carbocycles. The maximum Gasteiger partial charge on any atom is 0.263 e. The summed E-state index contributed by atoms with van der Waals surface area (Å²) in [6, 6.07) is 3.95. The molecule has 0 radical (unpaired) electrons. The predicted octanol–water partition coefficient (Wildman–Crippen LogP) is 3.48. The first-order valence-electron chi connectivity index (χ1n) is 9.81. The Kier molecular flexibility index (Phi) is 5.04. The summed E-state index contributed by atoms with van der Waals surface area (Å²) in [5.74, 6) is 0.295. The molecule has 3 heterocycles. The van der Waals surface area contributed by atoms with Crippen molar-refractivity contribution >= 4 is 39.1 Å². The highest BCUT2D eigenvalue weighted by atomic mass is 32.1. The number of carbonyl (C=O) groups excluding carboxylic acids is 2. The van der Waals surface area contributed by atoms with Gasteiger partial charge in [-0.2, -0.15) is 0 Å². The Morgan fingerprint density at radius 3 is 2.70 bits per heavy atom. The van der Waals surface area contributed by atoms with Crippen LogP contribution in [0.4, 0.5) is 5.69 Å². The molecule has 3 N–H and O–H groups in total. The Labute approximate surface area is 163 Å². The summed E-state index contributed by atoms with van der Waals surface area (Å²) in [6.45, 7) is 0.815. The van der Waals surface area contributed by atoms with E-state index in [-0.39, 0.29) is 17.9 Å². The quantitative estimate of drug-likeness (QED) is 0.845. The fourth-order valence-electron chi connectivity index (χ4n) is 4.40. The molecule has 2 aromatic rings. The van der Waals surface area contributed by atoms with Gasteiger partial charge in [-0.05, 0) is 37.8 Å². The number of nitrogens with zero attached hydrogens (tertiary/aromatic N) is 2. The Bertz CT molecular complexity index is 872. The molecule has 0 aromatic carbocycles. The number of likely N-dealkylation sites (tertiary alicyclic amines) is 1. The lowest BCUT2D eigenvalue weighted by Gasteiger charge is -2.30. The largest absolute Gasteiger partial charge is 0.397 e. The molecule has 1 atom stereocenters. The van der Waals surface area contributed by atoms with Crippen molar-refractivity contribution < 1.29 is 9.59 Å². The third kappa shape index (κ3) is 3.29. The minimum atomic E-state index is -0.188. The van der Waals surface area contributed by atoms with E-state index in [1.54, 1.807) is 7.05 Å². The van der Waals surface area contributed by atoms with Gasteiger partial charge in [0.2, 0.25) is 5.91 Å². The van der Waals surface area contributed by atoms with E-state index < -0.39 is 0 Å². The maximum absolute atomic E-state index is 13.1. The van der Waals surface area contributed by atoms with Crippen LogP contribution in [0, 0.1) is 5.92 Å². The number of fused-ring (bicyclic) bond motifs is 1. The molecule has 1 saturated heterocycles. The topological polar surface area (TPSA) is 88.3 Å². The number of nitrogens with two attached hydrogens (primary N) is 1. The Balaban J connectivity index is 1.62. The van der Waals surface area contributed by atoms with Crippen molar-refractivity contribution in [3.8, 4) is 0 Å². The monoisotopic (exact) mass is 386 g/mol. The smallest absolute Gasteiger partial charge is 0.263 e. The lowest BCUT2D eigenvalue weighted by molar-refractivity contribution is -0.137. The second-order valence-electron chi connectivity index (χ2n) is 7.54. The van der Waals surface area contributed by atoms with Crippen LogP contribution in [-0.2, 0) is 4.79 Å². The third-order valence-corrected chi connectivity index (χ3v) is 6.99. The summed E-state index contributed by atoms with van der Waals surface area (Å²) in [7, 11) is 1.60. The number of amides is 2. The van der Waals surface area contributed by atoms with Crippen LogP contribution in [0.25, 0.3) is 10.2 Å². The highest BCUT2D eigenvalue weighted by molar-refractivity contribution is 7.21. The summed E-state index contributed by atoms with van der Waals surface area (Å²) in [6.07, 6.45) is 7.57. The molecule has 0 bridgehead atoms. The molecule has 2 fully saturated rings. The van der Waals surface area contributed by atoms with Gasteiger partial charge >= 0.3 is 0 Å². The fourth-order valence-corrected chi connectivity index (χ4v) is 5.45. The summed E-state index contributed by atoms with van der Waals surface area (Å²) in [5, 5.41) is 3.43. The average molecular weight is 387 g/mol. The first-order valence-corrected chi connectivity index (χ1v) is 10.6. The van der Waals surface area contributed by atoms with E-state index in [2.05, 4.69) is 5.32 Å². The zero-order chi connectivity index (χ0) is 19.0. The number of anilines is 1. The second kappa shape index (κ2) is 7.46. The van der Waals surface area contributed by atoms with Gasteiger partial charge in [-0.15, -0.1) is 11.3 Å². The van der Waals surface area contributed by atoms with Crippen LogP contribution >= 0.6 is 11.3 Å². The number of rotatable bonds is 3. The van der Waals surface area contributed by atoms with E-state index in [9.17, 15) is 9.59 Å². The van der Waals surface area contributed by atoms with E-state index in [0.717, 1.165) is 61.0 Å². The molecule has 2 amide bonds. The minimum absolute atomic E-state index is 0.0376. The molecule has 2 aliphatic rings. The number of thiophene rings is 1. The Morgan fingerprint density at radius 2 is 1.96 bits per heavy atom. The molecule has 27 heavy (non-hydrogen) atoms. The van der Waals surface area contributed by atoms with E-state index in [0.29, 0.717) is 16.5 Å². The number of aromatic nitrogens is 1. The van der Waals surface area contributed by atoms with Crippen LogP contribution in [0.3, 0.4) is 0 Å². The SMILES string of the molecule is CNC(=O)c1sc2nc(C3CCCN3C(=O)C3CCCCC3)ccc2c1N. The first kappa shape index (κ1) is 18.2. The zero-order valence-electron chi connectivity index (χ0n) is 15.7.